The number of hydrogen-bond donors (Lipinski definition) is 1. The van der Waals surface area contributed by atoms with Crippen LogP contribution in [-0.2, 0) is 22.7 Å². The first-order valence-electron chi connectivity index (χ1n) is 9.79. The number of methoxy groups -OCH3 is 1. The molecule has 30 heavy (non-hydrogen) atoms. The van der Waals surface area contributed by atoms with Crippen molar-refractivity contribution in [1.29, 1.82) is 0 Å². The monoisotopic (exact) mass is 408 g/mol. The number of anilines is 1. The summed E-state index contributed by atoms with van der Waals surface area (Å²) < 4.78 is 9.03. The predicted octanol–water partition coefficient (Wildman–Crippen LogP) is 2.60. The minimum Gasteiger partial charge on any atom is -0.496 e. The van der Waals surface area contributed by atoms with Crippen molar-refractivity contribution in [2.75, 3.05) is 12.4 Å². The fraction of sp³-hybridized carbons (Fsp3) is 0.333. The zero-order valence-electron chi connectivity index (χ0n) is 17.2. The molecule has 0 fully saturated rings. The van der Waals surface area contributed by atoms with E-state index in [0.717, 1.165) is 23.4 Å². The van der Waals surface area contributed by atoms with E-state index < -0.39 is 6.10 Å². The van der Waals surface area contributed by atoms with E-state index in [2.05, 4.69) is 20.7 Å². The van der Waals surface area contributed by atoms with Crippen LogP contribution in [0.15, 0.2) is 48.0 Å². The number of amides is 1. The molecule has 0 radical (unpaired) electrons. The van der Waals surface area contributed by atoms with Gasteiger partial charge in [-0.1, -0.05) is 17.3 Å². The molecular weight excluding hydrogens is 384 g/mol. The van der Waals surface area contributed by atoms with Crippen molar-refractivity contribution < 1.29 is 14.4 Å². The number of nitrogens with zero attached hydrogens (tertiary/aromatic N) is 5. The third-order valence-corrected chi connectivity index (χ3v) is 4.98. The van der Waals surface area contributed by atoms with Gasteiger partial charge in [-0.3, -0.25) is 14.2 Å². The number of oxime groups is 1. The van der Waals surface area contributed by atoms with E-state index in [4.69, 9.17) is 9.57 Å². The molecule has 1 aliphatic rings. The maximum Gasteiger partial charge on any atom is 0.268 e. The summed E-state index contributed by atoms with van der Waals surface area (Å²) in [6.45, 7) is 5.43. The second-order valence-electron chi connectivity index (χ2n) is 7.05. The van der Waals surface area contributed by atoms with Gasteiger partial charge in [0.05, 0.1) is 36.9 Å². The lowest BCUT2D eigenvalue weighted by atomic mass is 10.0. The van der Waals surface area contributed by atoms with Gasteiger partial charge in [-0.05, 0) is 26.0 Å². The van der Waals surface area contributed by atoms with Crippen LogP contribution in [0, 0.1) is 6.92 Å². The molecule has 0 aliphatic carbocycles. The lowest BCUT2D eigenvalue weighted by Gasteiger charge is -2.08. The maximum atomic E-state index is 12.6. The summed E-state index contributed by atoms with van der Waals surface area (Å²) in [6, 6.07) is 7.53. The Labute approximate surface area is 174 Å². The van der Waals surface area contributed by atoms with E-state index in [1.807, 2.05) is 49.0 Å². The number of rotatable bonds is 7. The molecule has 156 valence electrons. The van der Waals surface area contributed by atoms with Gasteiger partial charge < -0.3 is 14.9 Å². The van der Waals surface area contributed by atoms with Crippen molar-refractivity contribution in [3.8, 4) is 5.75 Å². The first kappa shape index (κ1) is 19.7. The number of aryl methyl sites for hydroxylation is 2. The minimum atomic E-state index is -0.696. The molecule has 1 atom stereocenters. The highest BCUT2D eigenvalue weighted by Crippen LogP contribution is 2.25. The molecule has 1 unspecified atom stereocenters. The van der Waals surface area contributed by atoms with E-state index in [9.17, 15) is 4.79 Å². The summed E-state index contributed by atoms with van der Waals surface area (Å²) in [4.78, 5) is 18.0. The summed E-state index contributed by atoms with van der Waals surface area (Å²) in [6.07, 6.45) is 5.10. The third kappa shape index (κ3) is 4.05. The van der Waals surface area contributed by atoms with Crippen LogP contribution in [0.2, 0.25) is 0 Å². The van der Waals surface area contributed by atoms with Crippen LogP contribution in [0.25, 0.3) is 0 Å². The van der Waals surface area contributed by atoms with Crippen LogP contribution < -0.4 is 10.1 Å². The van der Waals surface area contributed by atoms with E-state index in [1.54, 1.807) is 24.2 Å². The second kappa shape index (κ2) is 8.40. The van der Waals surface area contributed by atoms with Gasteiger partial charge >= 0.3 is 0 Å². The Morgan fingerprint density at radius 2 is 2.13 bits per heavy atom. The Morgan fingerprint density at radius 1 is 1.30 bits per heavy atom. The smallest absolute Gasteiger partial charge is 0.268 e. The second-order valence-corrected chi connectivity index (χ2v) is 7.05. The molecule has 0 saturated carbocycles. The van der Waals surface area contributed by atoms with Crippen molar-refractivity contribution in [2.45, 2.75) is 39.5 Å². The van der Waals surface area contributed by atoms with Gasteiger partial charge in [-0.15, -0.1) is 0 Å². The van der Waals surface area contributed by atoms with Crippen LogP contribution in [0.3, 0.4) is 0 Å². The van der Waals surface area contributed by atoms with Gasteiger partial charge in [-0.25, -0.2) is 0 Å². The standard InChI is InChI=1S/C21H24N6O3/c1-4-26-11-15(14(2)24-26)12-27-13-16(10-22-27)23-21(28)20-9-18(25-30-20)17-7-5-6-8-19(17)29-3/h5-8,10-11,13,20H,4,9,12H2,1-3H3,(H,23,28). The van der Waals surface area contributed by atoms with Crippen molar-refractivity contribution >= 4 is 17.3 Å². The lowest BCUT2D eigenvalue weighted by Crippen LogP contribution is -2.27. The summed E-state index contributed by atoms with van der Waals surface area (Å²) in [5.41, 5.74) is 4.18. The number of nitrogens with one attached hydrogen (secondary N) is 1. The molecule has 3 aromatic rings. The highest BCUT2D eigenvalue weighted by Gasteiger charge is 2.30. The predicted molar refractivity (Wildman–Crippen MR) is 112 cm³/mol. The Bertz CT molecular complexity index is 1080. The summed E-state index contributed by atoms with van der Waals surface area (Å²) in [5, 5.41) is 15.7. The van der Waals surface area contributed by atoms with Gasteiger partial charge in [0.1, 0.15) is 5.75 Å². The van der Waals surface area contributed by atoms with Crippen LogP contribution in [0.4, 0.5) is 5.69 Å². The molecule has 1 aliphatic heterocycles. The van der Waals surface area contributed by atoms with Crippen LogP contribution in [0.5, 0.6) is 5.75 Å². The first-order chi connectivity index (χ1) is 14.6. The van der Waals surface area contributed by atoms with E-state index in [1.165, 1.54) is 0 Å². The van der Waals surface area contributed by atoms with Crippen LogP contribution in [-0.4, -0.2) is 44.4 Å². The topological polar surface area (TPSA) is 95.6 Å². The minimum absolute atomic E-state index is 0.266. The molecule has 9 nitrogen and oxygen atoms in total. The van der Waals surface area contributed by atoms with E-state index in [-0.39, 0.29) is 5.91 Å². The average Bonchev–Trinajstić information content (AvgIpc) is 3.49. The Balaban J connectivity index is 1.37. The number of aromatic nitrogens is 4. The van der Waals surface area contributed by atoms with Crippen molar-refractivity contribution in [3.63, 3.8) is 0 Å². The van der Waals surface area contributed by atoms with Gasteiger partial charge in [0.25, 0.3) is 5.91 Å². The highest BCUT2D eigenvalue weighted by atomic mass is 16.6. The Hall–Kier alpha value is -3.62. The normalized spacial score (nSPS) is 15.6. The Kier molecular flexibility index (Phi) is 5.51. The summed E-state index contributed by atoms with van der Waals surface area (Å²) >= 11 is 0. The number of carbonyl (C=O) groups excluding carboxylic acids is 1. The quantitative estimate of drug-likeness (QED) is 0.648. The van der Waals surface area contributed by atoms with Crippen molar-refractivity contribution in [1.82, 2.24) is 19.6 Å². The van der Waals surface area contributed by atoms with E-state index in [0.29, 0.717) is 30.1 Å². The first-order valence-corrected chi connectivity index (χ1v) is 9.79. The van der Waals surface area contributed by atoms with E-state index >= 15 is 0 Å². The number of carbonyl (C=O) groups is 1. The molecule has 1 N–H and O–H groups in total. The largest absolute Gasteiger partial charge is 0.496 e. The molecule has 0 bridgehead atoms. The molecule has 0 spiro atoms. The molecule has 9 heteroatoms. The third-order valence-electron chi connectivity index (χ3n) is 4.98. The van der Waals surface area contributed by atoms with Gasteiger partial charge in [0, 0.05) is 36.5 Å². The van der Waals surface area contributed by atoms with Gasteiger partial charge in [0.15, 0.2) is 0 Å². The molecule has 1 amide bonds. The molecule has 3 heterocycles. The summed E-state index contributed by atoms with van der Waals surface area (Å²) in [7, 11) is 1.60. The molecule has 1 aromatic carbocycles. The molecule has 4 rings (SSSR count). The summed E-state index contributed by atoms with van der Waals surface area (Å²) in [5.74, 6) is 0.432. The van der Waals surface area contributed by atoms with Crippen molar-refractivity contribution in [2.24, 2.45) is 5.16 Å². The number of ether oxygens (including phenoxy) is 1. The van der Waals surface area contributed by atoms with Crippen molar-refractivity contribution in [3.05, 3.63) is 59.7 Å². The zero-order chi connectivity index (χ0) is 21.1. The van der Waals surface area contributed by atoms with Crippen LogP contribution >= 0.6 is 0 Å². The Morgan fingerprint density at radius 3 is 2.90 bits per heavy atom. The fourth-order valence-corrected chi connectivity index (χ4v) is 3.35. The molecular formula is C21H24N6O3. The fourth-order valence-electron chi connectivity index (χ4n) is 3.35. The molecule has 2 aromatic heterocycles. The number of benzene rings is 1. The van der Waals surface area contributed by atoms with Crippen LogP contribution in [0.1, 0.15) is 30.2 Å². The highest BCUT2D eigenvalue weighted by molar-refractivity contribution is 6.07. The maximum absolute atomic E-state index is 12.6. The lowest BCUT2D eigenvalue weighted by molar-refractivity contribution is -0.125. The van der Waals surface area contributed by atoms with Gasteiger partial charge in [0.2, 0.25) is 6.10 Å². The average molecular weight is 408 g/mol. The van der Waals surface area contributed by atoms with Gasteiger partial charge in [-0.2, -0.15) is 10.2 Å². The number of para-hydroxylation sites is 1. The number of hydrogen-bond acceptors (Lipinski definition) is 6. The molecule has 0 saturated heterocycles. The SMILES string of the molecule is CCn1cc(Cn2cc(NC(=O)C3CC(c4ccccc4OC)=NO3)cn2)c(C)n1. The zero-order valence-corrected chi connectivity index (χ0v) is 17.2.